The number of aromatic nitrogens is 3. The van der Waals surface area contributed by atoms with E-state index in [4.69, 9.17) is 5.73 Å². The fourth-order valence-electron chi connectivity index (χ4n) is 1.87. The van der Waals surface area contributed by atoms with E-state index in [1.165, 1.54) is 30.3 Å². The van der Waals surface area contributed by atoms with Crippen molar-refractivity contribution in [2.75, 3.05) is 18.5 Å². The Balaban J connectivity index is 1.78. The number of carbonyl (C=O) groups is 1. The quantitative estimate of drug-likeness (QED) is 0.788. The van der Waals surface area contributed by atoms with Gasteiger partial charge in [-0.15, -0.1) is 5.10 Å². The number of anilines is 1. The van der Waals surface area contributed by atoms with E-state index in [1.54, 1.807) is 0 Å². The van der Waals surface area contributed by atoms with Gasteiger partial charge in [0.15, 0.2) is 0 Å². The molecule has 0 radical (unpaired) electrons. The third-order valence-corrected chi connectivity index (χ3v) is 4.58. The predicted octanol–water partition coefficient (Wildman–Crippen LogP) is 0.262. The zero-order valence-corrected chi connectivity index (χ0v) is 10.7. The number of carbonyl (C=O) groups excluding carboxylic acids is 1. The molecule has 1 aliphatic carbocycles. The molecule has 1 amide bonds. The van der Waals surface area contributed by atoms with E-state index in [2.05, 4.69) is 21.7 Å². The SMILES string of the molecule is CSC1(CNC(=O)Cn2cnc(N)n2)CCC1. The van der Waals surface area contributed by atoms with Crippen molar-refractivity contribution in [3.8, 4) is 0 Å². The first kappa shape index (κ1) is 12.2. The first-order chi connectivity index (χ1) is 8.13. The van der Waals surface area contributed by atoms with Crippen LogP contribution in [0, 0.1) is 0 Å². The number of amides is 1. The van der Waals surface area contributed by atoms with E-state index in [0.29, 0.717) is 0 Å². The average Bonchev–Trinajstić information content (AvgIpc) is 2.63. The van der Waals surface area contributed by atoms with Crippen LogP contribution in [0.1, 0.15) is 19.3 Å². The lowest BCUT2D eigenvalue weighted by molar-refractivity contribution is -0.122. The first-order valence-electron chi connectivity index (χ1n) is 5.60. The highest BCUT2D eigenvalue weighted by molar-refractivity contribution is 8.00. The van der Waals surface area contributed by atoms with Crippen molar-refractivity contribution in [3.05, 3.63) is 6.33 Å². The summed E-state index contributed by atoms with van der Waals surface area (Å²) in [5.74, 6) is 0.146. The minimum absolute atomic E-state index is 0.0461. The zero-order chi connectivity index (χ0) is 12.3. The Morgan fingerprint density at radius 2 is 2.47 bits per heavy atom. The highest BCUT2D eigenvalue weighted by atomic mass is 32.2. The van der Waals surface area contributed by atoms with E-state index in [1.807, 2.05) is 11.8 Å². The van der Waals surface area contributed by atoms with Crippen LogP contribution in [0.25, 0.3) is 0 Å². The summed E-state index contributed by atoms with van der Waals surface area (Å²) in [6.07, 6.45) is 7.19. The Hall–Kier alpha value is -1.24. The monoisotopic (exact) mass is 255 g/mol. The molecule has 6 nitrogen and oxygen atoms in total. The van der Waals surface area contributed by atoms with Gasteiger partial charge in [-0.05, 0) is 19.1 Å². The van der Waals surface area contributed by atoms with Crippen LogP contribution in [-0.4, -0.2) is 38.2 Å². The number of nitrogens with one attached hydrogen (secondary N) is 1. The molecule has 0 aliphatic heterocycles. The third-order valence-electron chi connectivity index (χ3n) is 3.17. The van der Waals surface area contributed by atoms with Crippen LogP contribution in [-0.2, 0) is 11.3 Å². The van der Waals surface area contributed by atoms with E-state index >= 15 is 0 Å². The van der Waals surface area contributed by atoms with Gasteiger partial charge in [-0.2, -0.15) is 11.8 Å². The highest BCUT2D eigenvalue weighted by Gasteiger charge is 2.36. The van der Waals surface area contributed by atoms with E-state index in [-0.39, 0.29) is 23.1 Å². The van der Waals surface area contributed by atoms with Crippen LogP contribution >= 0.6 is 11.8 Å². The molecule has 0 spiro atoms. The van der Waals surface area contributed by atoms with Gasteiger partial charge in [0.2, 0.25) is 11.9 Å². The van der Waals surface area contributed by atoms with Crippen molar-refractivity contribution in [1.29, 1.82) is 0 Å². The summed E-state index contributed by atoms with van der Waals surface area (Å²) >= 11 is 1.84. The van der Waals surface area contributed by atoms with Gasteiger partial charge in [-0.3, -0.25) is 4.79 Å². The van der Waals surface area contributed by atoms with Gasteiger partial charge < -0.3 is 11.1 Å². The molecule has 0 saturated heterocycles. The number of nitrogens with zero attached hydrogens (tertiary/aromatic N) is 3. The van der Waals surface area contributed by atoms with Crippen LogP contribution in [0.15, 0.2) is 6.33 Å². The predicted molar refractivity (Wildman–Crippen MR) is 67.5 cm³/mol. The molecule has 1 fully saturated rings. The summed E-state index contributed by atoms with van der Waals surface area (Å²) in [6, 6.07) is 0. The minimum Gasteiger partial charge on any atom is -0.367 e. The van der Waals surface area contributed by atoms with Crippen molar-refractivity contribution >= 4 is 23.6 Å². The normalized spacial score (nSPS) is 17.5. The van der Waals surface area contributed by atoms with Gasteiger partial charge in [0, 0.05) is 11.3 Å². The van der Waals surface area contributed by atoms with Gasteiger partial charge >= 0.3 is 0 Å². The molecule has 0 aromatic carbocycles. The van der Waals surface area contributed by atoms with Crippen LogP contribution in [0.4, 0.5) is 5.95 Å². The highest BCUT2D eigenvalue weighted by Crippen LogP contribution is 2.42. The van der Waals surface area contributed by atoms with Crippen molar-refractivity contribution < 1.29 is 4.79 Å². The summed E-state index contributed by atoms with van der Waals surface area (Å²) < 4.78 is 1.70. The molecular formula is C10H17N5OS. The van der Waals surface area contributed by atoms with Crippen LogP contribution < -0.4 is 11.1 Å². The van der Waals surface area contributed by atoms with Gasteiger partial charge in [0.05, 0.1) is 0 Å². The largest absolute Gasteiger partial charge is 0.367 e. The zero-order valence-electron chi connectivity index (χ0n) is 9.85. The molecule has 1 aromatic rings. The van der Waals surface area contributed by atoms with Crippen molar-refractivity contribution in [3.63, 3.8) is 0 Å². The number of hydrogen-bond donors (Lipinski definition) is 2. The van der Waals surface area contributed by atoms with Crippen LogP contribution in [0.5, 0.6) is 0 Å². The Labute approximate surface area is 104 Å². The molecule has 3 N–H and O–H groups in total. The van der Waals surface area contributed by atoms with Crippen LogP contribution in [0.3, 0.4) is 0 Å². The second-order valence-corrected chi connectivity index (χ2v) is 5.59. The van der Waals surface area contributed by atoms with Gasteiger partial charge in [0.25, 0.3) is 0 Å². The fraction of sp³-hybridized carbons (Fsp3) is 0.700. The topological polar surface area (TPSA) is 85.8 Å². The molecule has 2 rings (SSSR count). The number of nitrogens with two attached hydrogens (primary N) is 1. The Morgan fingerprint density at radius 3 is 2.94 bits per heavy atom. The maximum absolute atomic E-state index is 11.7. The van der Waals surface area contributed by atoms with Crippen molar-refractivity contribution in [2.24, 2.45) is 0 Å². The fourth-order valence-corrected chi connectivity index (χ4v) is 2.79. The lowest BCUT2D eigenvalue weighted by Crippen LogP contribution is -2.45. The number of nitrogen functional groups attached to an aromatic ring is 1. The Kier molecular flexibility index (Phi) is 3.56. The molecule has 1 aromatic heterocycles. The molecule has 94 valence electrons. The molecule has 17 heavy (non-hydrogen) atoms. The molecule has 0 atom stereocenters. The summed E-state index contributed by atoms with van der Waals surface area (Å²) in [7, 11) is 0. The number of thioether (sulfide) groups is 1. The average molecular weight is 255 g/mol. The Bertz CT molecular complexity index is 396. The number of hydrogen-bond acceptors (Lipinski definition) is 5. The molecule has 1 saturated carbocycles. The summed E-state index contributed by atoms with van der Waals surface area (Å²) in [5.41, 5.74) is 5.37. The van der Waals surface area contributed by atoms with Crippen molar-refractivity contribution in [1.82, 2.24) is 20.1 Å². The maximum atomic E-state index is 11.7. The minimum atomic E-state index is -0.0461. The van der Waals surface area contributed by atoms with Crippen molar-refractivity contribution in [2.45, 2.75) is 30.6 Å². The molecule has 0 unspecified atom stereocenters. The van der Waals surface area contributed by atoms with Crippen LogP contribution in [0.2, 0.25) is 0 Å². The van der Waals surface area contributed by atoms with E-state index in [9.17, 15) is 4.79 Å². The van der Waals surface area contributed by atoms with Gasteiger partial charge in [-0.25, -0.2) is 9.67 Å². The summed E-state index contributed by atoms with van der Waals surface area (Å²) in [5, 5.41) is 6.81. The van der Waals surface area contributed by atoms with E-state index in [0.717, 1.165) is 6.54 Å². The van der Waals surface area contributed by atoms with Gasteiger partial charge in [0.1, 0.15) is 12.9 Å². The molecule has 1 aliphatic rings. The summed E-state index contributed by atoms with van der Waals surface area (Å²) in [4.78, 5) is 15.4. The molecular weight excluding hydrogens is 238 g/mol. The standard InChI is InChI=1S/C10H17N5OS/c1-17-10(3-2-4-10)6-12-8(16)5-15-7-13-9(11)14-15/h7H,2-6H2,1H3,(H2,11,14)(H,12,16). The van der Waals surface area contributed by atoms with E-state index < -0.39 is 0 Å². The Morgan fingerprint density at radius 1 is 1.71 bits per heavy atom. The third kappa shape index (κ3) is 2.91. The lowest BCUT2D eigenvalue weighted by atomic mass is 9.84. The smallest absolute Gasteiger partial charge is 0.241 e. The molecule has 0 bridgehead atoms. The number of rotatable bonds is 5. The lowest BCUT2D eigenvalue weighted by Gasteiger charge is -2.40. The maximum Gasteiger partial charge on any atom is 0.241 e. The van der Waals surface area contributed by atoms with Gasteiger partial charge in [-0.1, -0.05) is 6.42 Å². The summed E-state index contributed by atoms with van der Waals surface area (Å²) in [6.45, 7) is 0.909. The molecule has 1 heterocycles. The first-order valence-corrected chi connectivity index (χ1v) is 6.83. The second kappa shape index (κ2) is 4.95. The second-order valence-electron chi connectivity index (χ2n) is 4.32. The molecule has 7 heteroatoms.